The summed E-state index contributed by atoms with van der Waals surface area (Å²) in [5.74, 6) is -3.71. The standard InChI is InChI=1S/C29H40N2O10/c1-14-9-8-10-20(38-5)26(41-29(30)37)17(4)11-15(2)23(33)21(39-6)12-16(3)24(34)22-25(35)18(31-28(14)36)13-19(32)27(22)40-7/h8-11,13,15-16,20-21,23-24,26,33-34H,12H2,1-7H3,(H2,30,37)(H,31,36). The van der Waals surface area contributed by atoms with Crippen molar-refractivity contribution in [3.8, 4) is 0 Å². The molecule has 0 saturated heterocycles. The molecule has 5 N–H and O–H groups in total. The first-order valence-corrected chi connectivity index (χ1v) is 13.1. The number of Topliss-reactive ketones (excluding diaryl/α,β-unsaturated/α-hetero) is 1. The summed E-state index contributed by atoms with van der Waals surface area (Å²) in [6.07, 6.45) is 1.02. The van der Waals surface area contributed by atoms with E-state index in [-0.39, 0.29) is 29.0 Å². The maximum absolute atomic E-state index is 13.4. The molecule has 41 heavy (non-hydrogen) atoms. The van der Waals surface area contributed by atoms with Crippen LogP contribution in [-0.4, -0.2) is 85.6 Å². The number of aliphatic hydroxyl groups excluding tert-OH is 2. The zero-order valence-electron chi connectivity index (χ0n) is 24.4. The quantitative estimate of drug-likeness (QED) is 0.282. The van der Waals surface area contributed by atoms with Crippen LogP contribution in [0.3, 0.4) is 0 Å². The Kier molecular flexibility index (Phi) is 12.2. The molecule has 0 saturated carbocycles. The number of hydrogen-bond acceptors (Lipinski definition) is 10. The van der Waals surface area contributed by atoms with Crippen molar-refractivity contribution >= 4 is 23.6 Å². The minimum absolute atomic E-state index is 0.0793. The lowest BCUT2D eigenvalue weighted by Gasteiger charge is -2.31. The molecule has 0 radical (unpaired) electrons. The molecule has 7 atom stereocenters. The van der Waals surface area contributed by atoms with Crippen LogP contribution >= 0.6 is 0 Å². The molecule has 2 rings (SSSR count). The highest BCUT2D eigenvalue weighted by molar-refractivity contribution is 6.23. The molecule has 2 bridgehead atoms. The first-order chi connectivity index (χ1) is 19.3. The van der Waals surface area contributed by atoms with E-state index in [1.807, 2.05) is 0 Å². The molecular formula is C29H40N2O10. The zero-order valence-corrected chi connectivity index (χ0v) is 24.4. The van der Waals surface area contributed by atoms with E-state index in [0.717, 1.165) is 6.08 Å². The van der Waals surface area contributed by atoms with Crippen molar-refractivity contribution in [2.75, 3.05) is 21.3 Å². The number of ketones is 2. The van der Waals surface area contributed by atoms with Gasteiger partial charge in [-0.15, -0.1) is 0 Å². The molecule has 0 aromatic rings. The second-order valence-corrected chi connectivity index (χ2v) is 10.1. The molecule has 2 amide bonds. The Bertz CT molecular complexity index is 1180. The molecule has 0 aromatic carbocycles. The summed E-state index contributed by atoms with van der Waals surface area (Å²) < 4.78 is 21.5. The monoisotopic (exact) mass is 576 g/mol. The van der Waals surface area contributed by atoms with Crippen LogP contribution in [-0.2, 0) is 33.3 Å². The first-order valence-electron chi connectivity index (χ1n) is 13.1. The predicted octanol–water partition coefficient (Wildman–Crippen LogP) is 1.38. The van der Waals surface area contributed by atoms with Gasteiger partial charge in [-0.3, -0.25) is 14.4 Å². The number of methoxy groups -OCH3 is 3. The number of amides is 2. The summed E-state index contributed by atoms with van der Waals surface area (Å²) in [6.45, 7) is 6.55. The van der Waals surface area contributed by atoms with Gasteiger partial charge in [0.25, 0.3) is 5.91 Å². The number of carbonyl (C=O) groups is 4. The molecule has 7 unspecified atom stereocenters. The van der Waals surface area contributed by atoms with E-state index in [2.05, 4.69) is 5.32 Å². The number of rotatable bonds is 4. The van der Waals surface area contributed by atoms with Crippen molar-refractivity contribution in [2.45, 2.75) is 64.6 Å². The van der Waals surface area contributed by atoms with Crippen LogP contribution in [0.25, 0.3) is 0 Å². The Labute approximate surface area is 239 Å². The van der Waals surface area contributed by atoms with E-state index in [1.165, 1.54) is 40.4 Å². The van der Waals surface area contributed by atoms with E-state index >= 15 is 0 Å². The van der Waals surface area contributed by atoms with Gasteiger partial charge in [-0.2, -0.15) is 0 Å². The molecule has 1 aliphatic carbocycles. The van der Waals surface area contributed by atoms with Gasteiger partial charge in [0.2, 0.25) is 11.6 Å². The topological polar surface area (TPSA) is 184 Å². The van der Waals surface area contributed by atoms with Crippen molar-refractivity contribution in [1.29, 1.82) is 0 Å². The van der Waals surface area contributed by atoms with Gasteiger partial charge in [0.15, 0.2) is 11.9 Å². The fourth-order valence-electron chi connectivity index (χ4n) is 4.77. The first kappa shape index (κ1) is 33.6. The molecule has 1 aliphatic heterocycles. The molecule has 2 aliphatic rings. The third-order valence-electron chi connectivity index (χ3n) is 7.14. The number of primary amides is 1. The smallest absolute Gasteiger partial charge is 0.405 e. The molecular weight excluding hydrogens is 536 g/mol. The van der Waals surface area contributed by atoms with Gasteiger partial charge in [0.1, 0.15) is 6.10 Å². The number of nitrogens with two attached hydrogens (primary N) is 1. The number of fused-ring (bicyclic) bond motifs is 2. The average molecular weight is 577 g/mol. The maximum atomic E-state index is 13.4. The van der Waals surface area contributed by atoms with Gasteiger partial charge in [0, 0.05) is 31.8 Å². The van der Waals surface area contributed by atoms with Gasteiger partial charge in [-0.05, 0) is 31.8 Å². The van der Waals surface area contributed by atoms with Gasteiger partial charge in [-0.25, -0.2) is 4.79 Å². The van der Waals surface area contributed by atoms with Crippen LogP contribution < -0.4 is 11.1 Å². The zero-order chi connectivity index (χ0) is 31.0. The number of hydrogen-bond donors (Lipinski definition) is 4. The summed E-state index contributed by atoms with van der Waals surface area (Å²) >= 11 is 0. The number of ether oxygens (including phenoxy) is 4. The van der Waals surface area contributed by atoms with Gasteiger partial charge in [-0.1, -0.05) is 38.2 Å². The summed E-state index contributed by atoms with van der Waals surface area (Å²) in [6, 6.07) is 0. The lowest BCUT2D eigenvalue weighted by atomic mass is 9.83. The van der Waals surface area contributed by atoms with Crippen LogP contribution in [0.2, 0.25) is 0 Å². The van der Waals surface area contributed by atoms with Crippen molar-refractivity contribution in [2.24, 2.45) is 17.6 Å². The van der Waals surface area contributed by atoms with Crippen molar-refractivity contribution < 1.29 is 48.3 Å². The number of carbonyl (C=O) groups excluding carboxylic acids is 4. The van der Waals surface area contributed by atoms with E-state index in [1.54, 1.807) is 32.9 Å². The van der Waals surface area contributed by atoms with Crippen LogP contribution in [0, 0.1) is 11.8 Å². The van der Waals surface area contributed by atoms with E-state index in [9.17, 15) is 29.4 Å². The fourth-order valence-corrected chi connectivity index (χ4v) is 4.77. The average Bonchev–Trinajstić information content (AvgIpc) is 2.92. The Balaban J connectivity index is 2.66. The van der Waals surface area contributed by atoms with E-state index in [4.69, 9.17) is 24.7 Å². The Morgan fingerprint density at radius 3 is 2.29 bits per heavy atom. The van der Waals surface area contributed by atoms with Gasteiger partial charge in [0.05, 0.1) is 36.7 Å². The minimum atomic E-state index is -1.49. The lowest BCUT2D eigenvalue weighted by molar-refractivity contribution is -0.121. The molecule has 12 heteroatoms. The summed E-state index contributed by atoms with van der Waals surface area (Å²) in [7, 11) is 4.01. The minimum Gasteiger partial charge on any atom is -0.492 e. The highest BCUT2D eigenvalue weighted by Gasteiger charge is 2.38. The third-order valence-corrected chi connectivity index (χ3v) is 7.14. The molecule has 0 aromatic heterocycles. The second-order valence-electron chi connectivity index (χ2n) is 10.1. The van der Waals surface area contributed by atoms with Crippen LogP contribution in [0.4, 0.5) is 4.79 Å². The Morgan fingerprint density at radius 1 is 1.07 bits per heavy atom. The fraction of sp³-hybridized carbons (Fsp3) is 0.517. The SMILES string of the molecule is COC1=C2C(=O)C(=CC1=O)NC(=O)C(C)=CC=CC(OC)C(OC(N)=O)C(C)=CC(C)C(O)C(OC)CC(C)C2O. The summed E-state index contributed by atoms with van der Waals surface area (Å²) in [5, 5.41) is 24.8. The van der Waals surface area contributed by atoms with Crippen molar-refractivity contribution in [3.05, 3.63) is 58.6 Å². The Hall–Kier alpha value is -3.58. The maximum Gasteiger partial charge on any atom is 0.405 e. The van der Waals surface area contributed by atoms with Crippen molar-refractivity contribution in [3.63, 3.8) is 0 Å². The van der Waals surface area contributed by atoms with Gasteiger partial charge < -0.3 is 40.2 Å². The second kappa shape index (κ2) is 14.9. The third kappa shape index (κ3) is 8.23. The molecule has 1 heterocycles. The molecule has 0 spiro atoms. The predicted molar refractivity (Wildman–Crippen MR) is 148 cm³/mol. The van der Waals surface area contributed by atoms with Crippen LogP contribution in [0.15, 0.2) is 58.6 Å². The Morgan fingerprint density at radius 2 is 1.73 bits per heavy atom. The summed E-state index contributed by atoms with van der Waals surface area (Å²) in [5.41, 5.74) is 5.39. The van der Waals surface area contributed by atoms with E-state index < -0.39 is 65.9 Å². The number of allylic oxidation sites excluding steroid dienone is 4. The number of nitrogens with one attached hydrogen (secondary N) is 1. The van der Waals surface area contributed by atoms with Gasteiger partial charge >= 0.3 is 6.09 Å². The van der Waals surface area contributed by atoms with Crippen LogP contribution in [0.1, 0.15) is 34.1 Å². The highest BCUT2D eigenvalue weighted by atomic mass is 16.6. The largest absolute Gasteiger partial charge is 0.492 e. The number of aliphatic hydroxyl groups is 2. The van der Waals surface area contributed by atoms with E-state index in [0.29, 0.717) is 5.57 Å². The normalized spacial score (nSPS) is 30.7. The molecule has 12 nitrogen and oxygen atoms in total. The molecule has 226 valence electrons. The van der Waals surface area contributed by atoms with Crippen LogP contribution in [0.5, 0.6) is 0 Å². The lowest BCUT2D eigenvalue weighted by Crippen LogP contribution is -2.40. The molecule has 0 fully saturated rings. The summed E-state index contributed by atoms with van der Waals surface area (Å²) in [4.78, 5) is 50.7. The highest BCUT2D eigenvalue weighted by Crippen LogP contribution is 2.30. The van der Waals surface area contributed by atoms with Crippen molar-refractivity contribution in [1.82, 2.24) is 5.32 Å².